The van der Waals surface area contributed by atoms with Crippen molar-refractivity contribution < 1.29 is 14.6 Å². The van der Waals surface area contributed by atoms with Crippen LogP contribution in [0.4, 0.5) is 5.82 Å². The molecule has 8 heteroatoms. The van der Waals surface area contributed by atoms with Gasteiger partial charge in [-0.1, -0.05) is 11.8 Å². The quantitative estimate of drug-likeness (QED) is 0.634. The van der Waals surface area contributed by atoms with E-state index in [1.165, 1.54) is 4.90 Å². The number of methoxy groups -OCH3 is 1. The summed E-state index contributed by atoms with van der Waals surface area (Å²) in [6, 6.07) is 7.03. The molecule has 1 saturated heterocycles. The van der Waals surface area contributed by atoms with Gasteiger partial charge in [-0.05, 0) is 24.3 Å². The number of nitrogens with zero attached hydrogens (tertiary/aromatic N) is 4. The Hall–Kier alpha value is -3.70. The van der Waals surface area contributed by atoms with Gasteiger partial charge < -0.3 is 20.5 Å². The molecule has 4 rings (SSSR count). The molecule has 3 N–H and O–H groups in total. The second-order valence-electron chi connectivity index (χ2n) is 6.83. The molecule has 1 aliphatic heterocycles. The standard InChI is InChI=1S/C21H19N5O3/c1-26-10-8-21(28,20(26)27)7-5-13-3-4-16(29-2)15(11-13)19-24-12-14-6-9-23-18(22)17(14)25-19/h3-4,6,9,11-12,28H,8,10H2,1-2H3,(H2,22,23). The molecular formula is C21H19N5O3. The van der Waals surface area contributed by atoms with Crippen LogP contribution in [-0.4, -0.2) is 57.2 Å². The van der Waals surface area contributed by atoms with Gasteiger partial charge in [0.2, 0.25) is 5.60 Å². The van der Waals surface area contributed by atoms with Crippen molar-refractivity contribution in [2.75, 3.05) is 26.4 Å². The lowest BCUT2D eigenvalue weighted by atomic mass is 10.0. The SMILES string of the molecule is COc1ccc(C#CC2(O)CCN(C)C2=O)cc1-c1ncc2ccnc(N)c2n1. The van der Waals surface area contributed by atoms with E-state index < -0.39 is 5.60 Å². The van der Waals surface area contributed by atoms with Gasteiger partial charge in [0, 0.05) is 43.4 Å². The van der Waals surface area contributed by atoms with Gasteiger partial charge in [-0.25, -0.2) is 15.0 Å². The van der Waals surface area contributed by atoms with Crippen molar-refractivity contribution in [1.29, 1.82) is 0 Å². The first kappa shape index (κ1) is 18.7. The molecule has 1 amide bonds. The summed E-state index contributed by atoms with van der Waals surface area (Å²) in [4.78, 5) is 26.6. The number of aliphatic hydroxyl groups is 1. The molecule has 0 radical (unpaired) electrons. The first-order valence-corrected chi connectivity index (χ1v) is 8.98. The van der Waals surface area contributed by atoms with Crippen LogP contribution in [0.25, 0.3) is 22.3 Å². The van der Waals surface area contributed by atoms with Gasteiger partial charge in [0.25, 0.3) is 5.91 Å². The van der Waals surface area contributed by atoms with Crippen LogP contribution >= 0.6 is 0 Å². The molecule has 0 bridgehead atoms. The topological polar surface area (TPSA) is 114 Å². The van der Waals surface area contributed by atoms with Crippen molar-refractivity contribution in [2.45, 2.75) is 12.0 Å². The van der Waals surface area contributed by atoms with E-state index in [4.69, 9.17) is 10.5 Å². The van der Waals surface area contributed by atoms with Gasteiger partial charge in [0.1, 0.15) is 17.1 Å². The highest BCUT2D eigenvalue weighted by atomic mass is 16.5. The number of carbonyl (C=O) groups is 1. The number of hydrogen-bond donors (Lipinski definition) is 2. The van der Waals surface area contributed by atoms with Crippen LogP contribution in [0.5, 0.6) is 5.75 Å². The van der Waals surface area contributed by atoms with Gasteiger partial charge in [-0.15, -0.1) is 0 Å². The van der Waals surface area contributed by atoms with Crippen LogP contribution in [0, 0.1) is 11.8 Å². The zero-order valence-electron chi connectivity index (χ0n) is 16.0. The number of hydrogen-bond acceptors (Lipinski definition) is 7. The summed E-state index contributed by atoms with van der Waals surface area (Å²) in [6.45, 7) is 0.470. The van der Waals surface area contributed by atoms with Crippen molar-refractivity contribution in [3.63, 3.8) is 0 Å². The Morgan fingerprint density at radius 2 is 2.14 bits per heavy atom. The Balaban J connectivity index is 1.77. The minimum atomic E-state index is -1.66. The average molecular weight is 389 g/mol. The monoisotopic (exact) mass is 389 g/mol. The number of anilines is 1. The van der Waals surface area contributed by atoms with E-state index in [1.807, 2.05) is 0 Å². The lowest BCUT2D eigenvalue weighted by molar-refractivity contribution is -0.137. The first-order chi connectivity index (χ1) is 13.9. The number of ether oxygens (including phenoxy) is 1. The largest absolute Gasteiger partial charge is 0.496 e. The maximum Gasteiger partial charge on any atom is 0.267 e. The fourth-order valence-corrected chi connectivity index (χ4v) is 3.21. The second kappa shape index (κ2) is 7.04. The molecule has 0 aliphatic carbocycles. The highest BCUT2D eigenvalue weighted by molar-refractivity contribution is 5.90. The number of nitrogens with two attached hydrogens (primary N) is 1. The molecule has 146 valence electrons. The molecule has 1 unspecified atom stereocenters. The predicted molar refractivity (Wildman–Crippen MR) is 108 cm³/mol. The molecule has 3 heterocycles. The van der Waals surface area contributed by atoms with Crippen molar-refractivity contribution in [2.24, 2.45) is 0 Å². The van der Waals surface area contributed by atoms with E-state index in [0.717, 1.165) is 5.39 Å². The van der Waals surface area contributed by atoms with Crippen LogP contribution in [0.3, 0.4) is 0 Å². The number of likely N-dealkylation sites (N-methyl/N-ethyl adjacent to an activating group) is 1. The number of benzene rings is 1. The zero-order chi connectivity index (χ0) is 20.6. The van der Waals surface area contributed by atoms with E-state index in [-0.39, 0.29) is 12.3 Å². The molecule has 1 atom stereocenters. The molecule has 1 aliphatic rings. The third-order valence-electron chi connectivity index (χ3n) is 4.89. The number of amides is 1. The Morgan fingerprint density at radius 1 is 1.31 bits per heavy atom. The van der Waals surface area contributed by atoms with Crippen LogP contribution in [0.2, 0.25) is 0 Å². The van der Waals surface area contributed by atoms with Crippen molar-refractivity contribution in [3.8, 4) is 29.0 Å². The molecule has 0 saturated carbocycles. The zero-order valence-corrected chi connectivity index (χ0v) is 16.0. The van der Waals surface area contributed by atoms with Crippen LogP contribution in [-0.2, 0) is 4.79 Å². The van der Waals surface area contributed by atoms with Gasteiger partial charge in [0.05, 0.1) is 12.7 Å². The molecule has 1 aromatic carbocycles. The Morgan fingerprint density at radius 3 is 2.86 bits per heavy atom. The van der Waals surface area contributed by atoms with Gasteiger partial charge in [0.15, 0.2) is 5.82 Å². The van der Waals surface area contributed by atoms with E-state index in [9.17, 15) is 9.90 Å². The smallest absolute Gasteiger partial charge is 0.267 e. The highest BCUT2D eigenvalue weighted by Gasteiger charge is 2.42. The first-order valence-electron chi connectivity index (χ1n) is 8.98. The number of aromatic nitrogens is 3. The molecule has 3 aromatic rings. The third-order valence-corrected chi connectivity index (χ3v) is 4.89. The number of carbonyl (C=O) groups excluding carboxylic acids is 1. The van der Waals surface area contributed by atoms with Gasteiger partial charge in [-0.3, -0.25) is 4.79 Å². The number of rotatable bonds is 2. The van der Waals surface area contributed by atoms with Crippen molar-refractivity contribution in [1.82, 2.24) is 19.9 Å². The summed E-state index contributed by atoms with van der Waals surface area (Å²) in [5.74, 6) is 6.50. The minimum Gasteiger partial charge on any atom is -0.496 e. The summed E-state index contributed by atoms with van der Waals surface area (Å²) in [6.07, 6.45) is 3.55. The van der Waals surface area contributed by atoms with E-state index >= 15 is 0 Å². The minimum absolute atomic E-state index is 0.276. The number of likely N-dealkylation sites (tertiary alicyclic amines) is 1. The molecule has 0 spiro atoms. The summed E-state index contributed by atoms with van der Waals surface area (Å²) >= 11 is 0. The maximum atomic E-state index is 12.1. The van der Waals surface area contributed by atoms with Crippen LogP contribution in [0.1, 0.15) is 12.0 Å². The lowest BCUT2D eigenvalue weighted by Crippen LogP contribution is -2.37. The van der Waals surface area contributed by atoms with Crippen molar-refractivity contribution >= 4 is 22.6 Å². The molecule has 8 nitrogen and oxygen atoms in total. The van der Waals surface area contributed by atoms with Crippen molar-refractivity contribution in [3.05, 3.63) is 42.2 Å². The molecule has 29 heavy (non-hydrogen) atoms. The van der Waals surface area contributed by atoms with Gasteiger partial charge >= 0.3 is 0 Å². The summed E-state index contributed by atoms with van der Waals surface area (Å²) < 4.78 is 5.44. The Labute approximate surface area is 167 Å². The van der Waals surface area contributed by atoms with Gasteiger partial charge in [-0.2, -0.15) is 0 Å². The fourth-order valence-electron chi connectivity index (χ4n) is 3.21. The summed E-state index contributed by atoms with van der Waals surface area (Å²) in [5, 5.41) is 11.3. The van der Waals surface area contributed by atoms with E-state index in [1.54, 1.807) is 50.8 Å². The lowest BCUT2D eigenvalue weighted by Gasteiger charge is -2.13. The second-order valence-corrected chi connectivity index (χ2v) is 6.83. The predicted octanol–water partition coefficient (Wildman–Crippen LogP) is 1.23. The van der Waals surface area contributed by atoms with Crippen LogP contribution < -0.4 is 10.5 Å². The number of fused-ring (bicyclic) bond motifs is 1. The molecule has 2 aromatic heterocycles. The number of nitrogen functional groups attached to an aromatic ring is 1. The fraction of sp³-hybridized carbons (Fsp3) is 0.238. The van der Waals surface area contributed by atoms with Crippen LogP contribution in [0.15, 0.2) is 36.7 Å². The average Bonchev–Trinajstić information content (AvgIpc) is 3.00. The summed E-state index contributed by atoms with van der Waals surface area (Å²) in [7, 11) is 3.20. The highest BCUT2D eigenvalue weighted by Crippen LogP contribution is 2.30. The maximum absolute atomic E-state index is 12.1. The van der Waals surface area contributed by atoms with E-state index in [2.05, 4.69) is 26.8 Å². The number of pyridine rings is 1. The Bertz CT molecular complexity index is 1180. The third kappa shape index (κ3) is 3.32. The summed E-state index contributed by atoms with van der Waals surface area (Å²) in [5.41, 5.74) is 6.04. The molecule has 1 fully saturated rings. The Kier molecular flexibility index (Phi) is 4.53. The van der Waals surface area contributed by atoms with E-state index in [0.29, 0.717) is 40.6 Å². The molecular weight excluding hydrogens is 370 g/mol. The normalized spacial score (nSPS) is 18.6.